The van der Waals surface area contributed by atoms with Crippen molar-refractivity contribution in [2.24, 2.45) is 0 Å². The molecule has 4 heteroatoms. The van der Waals surface area contributed by atoms with Crippen molar-refractivity contribution in [3.05, 3.63) is 33.8 Å². The molecule has 0 N–H and O–H groups in total. The summed E-state index contributed by atoms with van der Waals surface area (Å²) >= 11 is 14.3. The smallest absolute Gasteiger partial charge is 0.159 e. The summed E-state index contributed by atoms with van der Waals surface area (Å²) in [5, 5.41) is 0.00880. The standard InChI is InChI=1S/C8H6BrCl2F/c9-8(12)3-5-1-2-6(10)4-7(5)11/h1-2,4,8H,3H2. The number of alkyl halides is 2. The van der Waals surface area contributed by atoms with Crippen LogP contribution in [0.1, 0.15) is 5.56 Å². The van der Waals surface area contributed by atoms with Crippen molar-refractivity contribution >= 4 is 39.1 Å². The fourth-order valence-corrected chi connectivity index (χ4v) is 1.69. The molecule has 0 aliphatic rings. The molecule has 0 saturated carbocycles. The molecule has 1 atom stereocenters. The SMILES string of the molecule is FC(Br)Cc1ccc(Cl)cc1Cl. The van der Waals surface area contributed by atoms with Gasteiger partial charge in [0.05, 0.1) is 0 Å². The number of hydrogen-bond donors (Lipinski definition) is 0. The number of halogens is 4. The van der Waals surface area contributed by atoms with Gasteiger partial charge in [0.15, 0.2) is 5.08 Å². The lowest BCUT2D eigenvalue weighted by Crippen LogP contribution is -1.95. The zero-order chi connectivity index (χ0) is 9.14. The molecule has 1 aromatic carbocycles. The highest BCUT2D eigenvalue weighted by Crippen LogP contribution is 2.23. The van der Waals surface area contributed by atoms with Gasteiger partial charge in [-0.15, -0.1) is 0 Å². The molecule has 1 rings (SSSR count). The van der Waals surface area contributed by atoms with E-state index in [0.717, 1.165) is 5.56 Å². The Morgan fingerprint density at radius 1 is 1.42 bits per heavy atom. The average Bonchev–Trinajstić information content (AvgIpc) is 1.94. The van der Waals surface area contributed by atoms with E-state index in [2.05, 4.69) is 15.9 Å². The zero-order valence-electron chi connectivity index (χ0n) is 6.03. The zero-order valence-corrected chi connectivity index (χ0v) is 9.13. The first kappa shape index (κ1) is 10.3. The Kier molecular flexibility index (Phi) is 3.81. The van der Waals surface area contributed by atoms with Crippen LogP contribution in [-0.2, 0) is 6.42 Å². The third kappa shape index (κ3) is 2.92. The van der Waals surface area contributed by atoms with Gasteiger partial charge < -0.3 is 0 Å². The van der Waals surface area contributed by atoms with Crippen LogP contribution in [0.3, 0.4) is 0 Å². The summed E-state index contributed by atoms with van der Waals surface area (Å²) in [7, 11) is 0. The first-order chi connectivity index (χ1) is 5.59. The highest BCUT2D eigenvalue weighted by molar-refractivity contribution is 9.09. The maximum Gasteiger partial charge on any atom is 0.159 e. The summed E-state index contributed by atoms with van der Waals surface area (Å²) in [6, 6.07) is 5.02. The van der Waals surface area contributed by atoms with Crippen molar-refractivity contribution in [2.75, 3.05) is 0 Å². The maximum absolute atomic E-state index is 12.5. The third-order valence-corrected chi connectivity index (χ3v) is 2.30. The molecule has 0 spiro atoms. The Balaban J connectivity index is 2.86. The molecule has 1 unspecified atom stereocenters. The van der Waals surface area contributed by atoms with Crippen LogP contribution in [0, 0.1) is 0 Å². The van der Waals surface area contributed by atoms with Crippen LogP contribution in [0.2, 0.25) is 10.0 Å². The molecular weight excluding hydrogens is 266 g/mol. The molecule has 1 aromatic rings. The Hall–Kier alpha value is 0.210. The lowest BCUT2D eigenvalue weighted by Gasteiger charge is -2.03. The van der Waals surface area contributed by atoms with E-state index in [-0.39, 0.29) is 6.42 Å². The molecule has 0 radical (unpaired) electrons. The molecule has 0 aromatic heterocycles. The van der Waals surface area contributed by atoms with Crippen LogP contribution in [0.25, 0.3) is 0 Å². The molecule has 12 heavy (non-hydrogen) atoms. The highest BCUT2D eigenvalue weighted by atomic mass is 79.9. The number of benzene rings is 1. The second-order valence-corrected chi connectivity index (χ2v) is 4.17. The Bertz CT molecular complexity index is 276. The quantitative estimate of drug-likeness (QED) is 0.707. The van der Waals surface area contributed by atoms with E-state index in [1.807, 2.05) is 0 Å². The van der Waals surface area contributed by atoms with Gasteiger partial charge in [0.1, 0.15) is 0 Å². The molecule has 0 fully saturated rings. The summed E-state index contributed by atoms with van der Waals surface area (Å²) in [6.07, 6.45) is 0.260. The normalized spacial score (nSPS) is 13.0. The van der Waals surface area contributed by atoms with Gasteiger partial charge in [-0.05, 0) is 17.7 Å². The van der Waals surface area contributed by atoms with E-state index in [0.29, 0.717) is 10.0 Å². The molecular formula is C8H6BrCl2F. The Labute approximate surface area is 88.8 Å². The summed E-state index contributed by atoms with van der Waals surface area (Å²) in [4.78, 5) is 0. The summed E-state index contributed by atoms with van der Waals surface area (Å²) in [5.41, 5.74) is 0.755. The van der Waals surface area contributed by atoms with Crippen LogP contribution in [0.5, 0.6) is 0 Å². The van der Waals surface area contributed by atoms with Crippen LogP contribution < -0.4 is 0 Å². The predicted molar refractivity (Wildman–Crippen MR) is 54.0 cm³/mol. The molecule has 0 bridgehead atoms. The number of hydrogen-bond acceptors (Lipinski definition) is 0. The van der Waals surface area contributed by atoms with Crippen molar-refractivity contribution in [1.82, 2.24) is 0 Å². The van der Waals surface area contributed by atoms with Gasteiger partial charge in [0.2, 0.25) is 0 Å². The van der Waals surface area contributed by atoms with E-state index < -0.39 is 5.08 Å². The fourth-order valence-electron chi connectivity index (χ4n) is 0.853. The maximum atomic E-state index is 12.5. The molecule has 66 valence electrons. The van der Waals surface area contributed by atoms with Gasteiger partial charge in [-0.25, -0.2) is 4.39 Å². The van der Waals surface area contributed by atoms with Gasteiger partial charge in [-0.1, -0.05) is 45.2 Å². The lowest BCUT2D eigenvalue weighted by molar-refractivity contribution is 0.460. The van der Waals surface area contributed by atoms with Gasteiger partial charge in [-0.2, -0.15) is 0 Å². The summed E-state index contributed by atoms with van der Waals surface area (Å²) < 4.78 is 12.5. The predicted octanol–water partition coefficient (Wildman–Crippen LogP) is 4.23. The molecule has 0 saturated heterocycles. The summed E-state index contributed by atoms with van der Waals surface area (Å²) in [6.45, 7) is 0. The van der Waals surface area contributed by atoms with E-state index in [1.54, 1.807) is 18.2 Å². The van der Waals surface area contributed by atoms with E-state index in [4.69, 9.17) is 23.2 Å². The van der Waals surface area contributed by atoms with Crippen LogP contribution in [0.4, 0.5) is 4.39 Å². The number of rotatable bonds is 2. The minimum Gasteiger partial charge on any atom is -0.235 e. The molecule has 0 aliphatic heterocycles. The topological polar surface area (TPSA) is 0 Å². The average molecular weight is 272 g/mol. The Morgan fingerprint density at radius 2 is 2.08 bits per heavy atom. The van der Waals surface area contributed by atoms with Crippen molar-refractivity contribution < 1.29 is 4.39 Å². The van der Waals surface area contributed by atoms with Gasteiger partial charge in [0.25, 0.3) is 0 Å². The minimum atomic E-state index is -1.06. The van der Waals surface area contributed by atoms with Gasteiger partial charge >= 0.3 is 0 Å². The monoisotopic (exact) mass is 270 g/mol. The van der Waals surface area contributed by atoms with Gasteiger partial charge in [0, 0.05) is 16.5 Å². The molecule has 0 amide bonds. The van der Waals surface area contributed by atoms with E-state index in [9.17, 15) is 4.39 Å². The van der Waals surface area contributed by atoms with Crippen molar-refractivity contribution in [1.29, 1.82) is 0 Å². The van der Waals surface area contributed by atoms with E-state index in [1.165, 1.54) is 0 Å². The van der Waals surface area contributed by atoms with Crippen LogP contribution in [0.15, 0.2) is 18.2 Å². The van der Waals surface area contributed by atoms with E-state index >= 15 is 0 Å². The van der Waals surface area contributed by atoms with Crippen molar-refractivity contribution in [2.45, 2.75) is 11.5 Å². The largest absolute Gasteiger partial charge is 0.235 e. The second-order valence-electron chi connectivity index (χ2n) is 2.33. The first-order valence-corrected chi connectivity index (χ1v) is 4.99. The Morgan fingerprint density at radius 3 is 2.58 bits per heavy atom. The molecule has 0 nitrogen and oxygen atoms in total. The molecule has 0 heterocycles. The van der Waals surface area contributed by atoms with Gasteiger partial charge in [-0.3, -0.25) is 0 Å². The highest BCUT2D eigenvalue weighted by Gasteiger charge is 2.06. The second kappa shape index (κ2) is 4.45. The van der Waals surface area contributed by atoms with Crippen LogP contribution in [-0.4, -0.2) is 5.08 Å². The van der Waals surface area contributed by atoms with Crippen molar-refractivity contribution in [3.63, 3.8) is 0 Å². The summed E-state index contributed by atoms with van der Waals surface area (Å²) in [5.74, 6) is 0. The fraction of sp³-hybridized carbons (Fsp3) is 0.250. The molecule has 0 aliphatic carbocycles. The van der Waals surface area contributed by atoms with Crippen LogP contribution >= 0.6 is 39.1 Å². The lowest BCUT2D eigenvalue weighted by atomic mass is 10.2. The minimum absolute atomic E-state index is 0.260. The third-order valence-electron chi connectivity index (χ3n) is 1.39. The first-order valence-electron chi connectivity index (χ1n) is 3.31. The van der Waals surface area contributed by atoms with Crippen molar-refractivity contribution in [3.8, 4) is 0 Å².